The van der Waals surface area contributed by atoms with E-state index in [0.717, 1.165) is 0 Å². The first-order valence-corrected chi connectivity index (χ1v) is 8.15. The van der Waals surface area contributed by atoms with Crippen molar-refractivity contribution in [3.63, 3.8) is 0 Å². The highest BCUT2D eigenvalue weighted by atomic mass is 32.2. The van der Waals surface area contributed by atoms with E-state index in [2.05, 4.69) is 15.3 Å². The van der Waals surface area contributed by atoms with Gasteiger partial charge in [0.05, 0.1) is 17.9 Å². The number of nitrogens with one attached hydrogen (secondary N) is 2. The average Bonchev–Trinajstić information content (AvgIpc) is 2.63. The van der Waals surface area contributed by atoms with Crippen molar-refractivity contribution in [2.75, 3.05) is 11.5 Å². The van der Waals surface area contributed by atoms with E-state index in [-0.39, 0.29) is 35.4 Å². The summed E-state index contributed by atoms with van der Waals surface area (Å²) in [6.07, 6.45) is 0.334. The third kappa shape index (κ3) is 3.44. The highest BCUT2D eigenvalue weighted by Gasteiger charge is 2.29. The Morgan fingerprint density at radius 1 is 1.45 bits per heavy atom. The molecule has 1 atom stereocenters. The van der Waals surface area contributed by atoms with Crippen molar-refractivity contribution in [1.29, 1.82) is 0 Å². The summed E-state index contributed by atoms with van der Waals surface area (Å²) in [4.78, 5) is 30.3. The molecular formula is C12H17N3O4S. The van der Waals surface area contributed by atoms with Crippen molar-refractivity contribution in [3.05, 3.63) is 27.4 Å². The fraction of sp³-hybridized carbons (Fsp3) is 0.583. The van der Waals surface area contributed by atoms with Crippen LogP contribution in [0.3, 0.4) is 0 Å². The number of carbonyl (C=O) groups is 1. The lowest BCUT2D eigenvalue weighted by molar-refractivity contribution is -0.121. The number of H-pyrrole nitrogens is 1. The maximum atomic E-state index is 11.9. The number of amides is 1. The Bertz CT molecular complexity index is 693. The highest BCUT2D eigenvalue weighted by Crippen LogP contribution is 2.11. The average molecular weight is 299 g/mol. The second kappa shape index (κ2) is 5.35. The zero-order valence-electron chi connectivity index (χ0n) is 11.4. The molecule has 1 saturated heterocycles. The molecule has 2 N–H and O–H groups in total. The summed E-state index contributed by atoms with van der Waals surface area (Å²) in [5.41, 5.74) is 0.499. The number of aromatic amines is 1. The molecule has 2 rings (SSSR count). The largest absolute Gasteiger partial charge is 0.352 e. The van der Waals surface area contributed by atoms with Crippen molar-refractivity contribution in [2.24, 2.45) is 0 Å². The summed E-state index contributed by atoms with van der Waals surface area (Å²) in [6, 6.07) is -0.356. The Balaban J connectivity index is 2.04. The van der Waals surface area contributed by atoms with E-state index >= 15 is 0 Å². The quantitative estimate of drug-likeness (QED) is 0.762. The number of carbonyl (C=O) groups excluding carboxylic acids is 1. The molecule has 1 fully saturated rings. The van der Waals surface area contributed by atoms with E-state index in [9.17, 15) is 18.0 Å². The number of hydrogen-bond acceptors (Lipinski definition) is 5. The van der Waals surface area contributed by atoms with Crippen LogP contribution >= 0.6 is 0 Å². The van der Waals surface area contributed by atoms with Gasteiger partial charge in [0.25, 0.3) is 5.56 Å². The van der Waals surface area contributed by atoms with Crippen LogP contribution in [0.5, 0.6) is 0 Å². The van der Waals surface area contributed by atoms with E-state index in [1.807, 2.05) is 0 Å². The molecule has 110 valence electrons. The molecule has 1 aliphatic rings. The Morgan fingerprint density at radius 2 is 2.15 bits per heavy atom. The molecule has 0 radical (unpaired) electrons. The third-order valence-electron chi connectivity index (χ3n) is 3.28. The number of aryl methyl sites for hydroxylation is 2. The lowest BCUT2D eigenvalue weighted by atomic mass is 10.1. The van der Waals surface area contributed by atoms with Crippen molar-refractivity contribution >= 4 is 15.7 Å². The Hall–Kier alpha value is -1.70. The van der Waals surface area contributed by atoms with Crippen molar-refractivity contribution in [1.82, 2.24) is 15.3 Å². The standard InChI is InChI=1S/C12H17N3O4S/c1-7-10(12(17)14-8(2)13-7)5-11(16)15-9-3-4-20(18,19)6-9/h9H,3-6H2,1-2H3,(H,15,16)(H,13,14,17). The number of nitrogens with zero attached hydrogens (tertiary/aromatic N) is 1. The molecular weight excluding hydrogens is 282 g/mol. The molecule has 0 saturated carbocycles. The number of aromatic nitrogens is 2. The third-order valence-corrected chi connectivity index (χ3v) is 5.04. The van der Waals surface area contributed by atoms with E-state index in [0.29, 0.717) is 23.5 Å². The normalized spacial score (nSPS) is 20.8. The van der Waals surface area contributed by atoms with Gasteiger partial charge in [-0.3, -0.25) is 9.59 Å². The Labute approximate surface area is 116 Å². The van der Waals surface area contributed by atoms with Crippen LogP contribution in [-0.2, 0) is 21.1 Å². The predicted octanol–water partition coefficient (Wildman–Crippen LogP) is -0.767. The molecule has 7 nitrogen and oxygen atoms in total. The zero-order chi connectivity index (χ0) is 14.9. The lowest BCUT2D eigenvalue weighted by Gasteiger charge is -2.11. The minimum absolute atomic E-state index is 0.0276. The monoisotopic (exact) mass is 299 g/mol. The maximum Gasteiger partial charge on any atom is 0.254 e. The number of sulfone groups is 1. The molecule has 8 heteroatoms. The number of hydrogen-bond donors (Lipinski definition) is 2. The molecule has 0 bridgehead atoms. The molecule has 1 aromatic rings. The van der Waals surface area contributed by atoms with Crippen LogP contribution in [0.15, 0.2) is 4.79 Å². The Kier molecular flexibility index (Phi) is 3.94. The molecule has 0 spiro atoms. The summed E-state index contributed by atoms with van der Waals surface area (Å²) < 4.78 is 22.6. The minimum Gasteiger partial charge on any atom is -0.352 e. The topological polar surface area (TPSA) is 109 Å². The van der Waals surface area contributed by atoms with Crippen LogP contribution in [0.2, 0.25) is 0 Å². The molecule has 0 aliphatic carbocycles. The second-order valence-corrected chi connectivity index (χ2v) is 7.29. The first-order chi connectivity index (χ1) is 9.27. The van der Waals surface area contributed by atoms with Gasteiger partial charge in [0, 0.05) is 17.3 Å². The van der Waals surface area contributed by atoms with Crippen molar-refractivity contribution < 1.29 is 13.2 Å². The molecule has 1 unspecified atom stereocenters. The van der Waals surface area contributed by atoms with E-state index < -0.39 is 9.84 Å². The first-order valence-electron chi connectivity index (χ1n) is 6.33. The SMILES string of the molecule is Cc1nc(C)c(CC(=O)NC2CCS(=O)(=O)C2)c(=O)[nH]1. The van der Waals surface area contributed by atoms with Crippen molar-refractivity contribution in [3.8, 4) is 0 Å². The van der Waals surface area contributed by atoms with Gasteiger partial charge in [-0.1, -0.05) is 0 Å². The smallest absolute Gasteiger partial charge is 0.254 e. The van der Waals surface area contributed by atoms with E-state index in [4.69, 9.17) is 0 Å². The van der Waals surface area contributed by atoms with Crippen LogP contribution < -0.4 is 10.9 Å². The zero-order valence-corrected chi connectivity index (χ0v) is 12.2. The van der Waals surface area contributed by atoms with Crippen LogP contribution in [0.25, 0.3) is 0 Å². The van der Waals surface area contributed by atoms with Crippen LogP contribution in [0, 0.1) is 13.8 Å². The molecule has 0 aromatic carbocycles. The van der Waals surface area contributed by atoms with Gasteiger partial charge in [-0.15, -0.1) is 0 Å². The van der Waals surface area contributed by atoms with Gasteiger partial charge in [-0.2, -0.15) is 0 Å². The summed E-state index contributed by atoms with van der Waals surface area (Å²) in [5, 5.41) is 2.65. The Morgan fingerprint density at radius 3 is 2.70 bits per heavy atom. The van der Waals surface area contributed by atoms with E-state index in [1.165, 1.54) is 0 Å². The molecule has 1 aliphatic heterocycles. The fourth-order valence-electron chi connectivity index (χ4n) is 2.31. The predicted molar refractivity (Wildman–Crippen MR) is 73.2 cm³/mol. The molecule has 20 heavy (non-hydrogen) atoms. The molecule has 2 heterocycles. The van der Waals surface area contributed by atoms with Gasteiger partial charge >= 0.3 is 0 Å². The fourth-order valence-corrected chi connectivity index (χ4v) is 3.98. The second-order valence-electron chi connectivity index (χ2n) is 5.06. The van der Waals surface area contributed by atoms with Gasteiger partial charge in [-0.25, -0.2) is 13.4 Å². The summed E-state index contributed by atoms with van der Waals surface area (Å²) in [7, 11) is -3.03. The number of rotatable bonds is 3. The van der Waals surface area contributed by atoms with E-state index in [1.54, 1.807) is 13.8 Å². The first kappa shape index (κ1) is 14.7. The summed E-state index contributed by atoms with van der Waals surface area (Å²) in [5.74, 6) is 0.217. The molecule has 1 aromatic heterocycles. The van der Waals surface area contributed by atoms with Crippen LogP contribution in [0.1, 0.15) is 23.5 Å². The summed E-state index contributed by atoms with van der Waals surface area (Å²) >= 11 is 0. The van der Waals surface area contributed by atoms with Crippen LogP contribution in [0.4, 0.5) is 0 Å². The highest BCUT2D eigenvalue weighted by molar-refractivity contribution is 7.91. The van der Waals surface area contributed by atoms with Gasteiger partial charge in [-0.05, 0) is 20.3 Å². The lowest BCUT2D eigenvalue weighted by Crippen LogP contribution is -2.37. The van der Waals surface area contributed by atoms with Gasteiger partial charge in [0.2, 0.25) is 5.91 Å². The van der Waals surface area contributed by atoms with Gasteiger partial charge in [0.15, 0.2) is 9.84 Å². The minimum atomic E-state index is -3.03. The van der Waals surface area contributed by atoms with Crippen molar-refractivity contribution in [2.45, 2.75) is 32.7 Å². The molecule has 1 amide bonds. The van der Waals surface area contributed by atoms with Crippen LogP contribution in [-0.4, -0.2) is 41.8 Å². The van der Waals surface area contributed by atoms with Gasteiger partial charge in [0.1, 0.15) is 5.82 Å². The summed E-state index contributed by atoms with van der Waals surface area (Å²) in [6.45, 7) is 3.34. The maximum absolute atomic E-state index is 11.9. The van der Waals surface area contributed by atoms with Gasteiger partial charge < -0.3 is 10.3 Å².